The lowest BCUT2D eigenvalue weighted by molar-refractivity contribution is -0.112. The molecule has 0 radical (unpaired) electrons. The van der Waals surface area contributed by atoms with Gasteiger partial charge in [0, 0.05) is 11.8 Å². The summed E-state index contributed by atoms with van der Waals surface area (Å²) in [7, 11) is 1.26. The van der Waals surface area contributed by atoms with Crippen LogP contribution >= 0.6 is 0 Å². The van der Waals surface area contributed by atoms with E-state index in [0.717, 1.165) is 5.56 Å². The molecule has 0 unspecified atom stereocenters. The quantitative estimate of drug-likeness (QED) is 0.529. The van der Waals surface area contributed by atoms with Gasteiger partial charge < -0.3 is 14.5 Å². The van der Waals surface area contributed by atoms with E-state index in [1.165, 1.54) is 19.3 Å². The molecule has 0 saturated carbocycles. The fourth-order valence-corrected chi connectivity index (χ4v) is 2.08. The number of methoxy groups -OCH3 is 1. The molecule has 2 rings (SSSR count). The second kappa shape index (κ2) is 7.29. The van der Waals surface area contributed by atoms with Crippen LogP contribution in [0.4, 0.5) is 5.69 Å². The number of nitrogens with one attached hydrogen (secondary N) is 1. The lowest BCUT2D eigenvalue weighted by Crippen LogP contribution is -2.14. The van der Waals surface area contributed by atoms with Gasteiger partial charge in [0.15, 0.2) is 0 Å². The standard InChI is InChI=1S/C18H16N2O4/c1-11-6-4-5-7-16(11)20-17(21)13(10-19)8-14-9-15(12(2)24-14)18(22)23-3/h4-9H,1-3H3,(H,20,21)/b13-8+. The Balaban J connectivity index is 2.26. The van der Waals surface area contributed by atoms with Crippen molar-refractivity contribution in [2.45, 2.75) is 13.8 Å². The van der Waals surface area contributed by atoms with E-state index in [9.17, 15) is 14.9 Å². The molecule has 1 aromatic heterocycles. The zero-order valence-corrected chi connectivity index (χ0v) is 13.5. The third-order valence-corrected chi connectivity index (χ3v) is 3.39. The van der Waals surface area contributed by atoms with Gasteiger partial charge in [-0.3, -0.25) is 4.79 Å². The SMILES string of the molecule is COC(=O)c1cc(/C=C(\C#N)C(=O)Nc2ccccc2C)oc1C. The van der Waals surface area contributed by atoms with E-state index in [2.05, 4.69) is 10.1 Å². The van der Waals surface area contributed by atoms with Gasteiger partial charge in [-0.15, -0.1) is 0 Å². The van der Waals surface area contributed by atoms with E-state index in [4.69, 9.17) is 4.42 Å². The highest BCUT2D eigenvalue weighted by molar-refractivity contribution is 6.09. The highest BCUT2D eigenvalue weighted by Crippen LogP contribution is 2.19. The van der Waals surface area contributed by atoms with Crippen molar-refractivity contribution in [1.82, 2.24) is 0 Å². The summed E-state index contributed by atoms with van der Waals surface area (Å²) < 4.78 is 10.0. The Kier molecular flexibility index (Phi) is 5.17. The molecule has 1 heterocycles. The number of esters is 1. The van der Waals surface area contributed by atoms with E-state index in [0.29, 0.717) is 11.4 Å². The van der Waals surface area contributed by atoms with E-state index in [1.807, 2.05) is 25.1 Å². The van der Waals surface area contributed by atoms with Gasteiger partial charge in [0.1, 0.15) is 28.7 Å². The van der Waals surface area contributed by atoms with Crippen LogP contribution < -0.4 is 5.32 Å². The average molecular weight is 324 g/mol. The van der Waals surface area contributed by atoms with Crippen LogP contribution in [0.3, 0.4) is 0 Å². The molecule has 1 N–H and O–H groups in total. The second-order valence-electron chi connectivity index (χ2n) is 5.05. The largest absolute Gasteiger partial charge is 0.465 e. The molecule has 2 aromatic rings. The lowest BCUT2D eigenvalue weighted by atomic mass is 10.1. The summed E-state index contributed by atoms with van der Waals surface area (Å²) in [6.07, 6.45) is 1.28. The maximum absolute atomic E-state index is 12.2. The van der Waals surface area contributed by atoms with Crippen LogP contribution in [0.15, 0.2) is 40.3 Å². The third kappa shape index (κ3) is 3.70. The molecule has 0 aliphatic carbocycles. The van der Waals surface area contributed by atoms with Crippen LogP contribution in [0, 0.1) is 25.2 Å². The number of nitrogens with zero attached hydrogens (tertiary/aromatic N) is 1. The van der Waals surface area contributed by atoms with Crippen molar-refractivity contribution >= 4 is 23.6 Å². The Morgan fingerprint density at radius 1 is 1.29 bits per heavy atom. The number of aryl methyl sites for hydroxylation is 2. The van der Waals surface area contributed by atoms with Crippen LogP contribution in [0.25, 0.3) is 6.08 Å². The van der Waals surface area contributed by atoms with Crippen LogP contribution in [-0.4, -0.2) is 19.0 Å². The minimum absolute atomic E-state index is 0.136. The number of carbonyl (C=O) groups excluding carboxylic acids is 2. The van der Waals surface area contributed by atoms with Gasteiger partial charge in [-0.25, -0.2) is 4.79 Å². The number of ether oxygens (including phenoxy) is 1. The van der Waals surface area contributed by atoms with Crippen molar-refractivity contribution in [3.63, 3.8) is 0 Å². The molecule has 122 valence electrons. The first-order valence-corrected chi connectivity index (χ1v) is 7.13. The molecule has 6 nitrogen and oxygen atoms in total. The number of furan rings is 1. The van der Waals surface area contributed by atoms with E-state index < -0.39 is 11.9 Å². The molecule has 6 heteroatoms. The Morgan fingerprint density at radius 2 is 2.00 bits per heavy atom. The Bertz CT molecular complexity index is 856. The Labute approximate surface area is 139 Å². The molecule has 0 fully saturated rings. The van der Waals surface area contributed by atoms with E-state index >= 15 is 0 Å². The second-order valence-corrected chi connectivity index (χ2v) is 5.05. The monoisotopic (exact) mass is 324 g/mol. The van der Waals surface area contributed by atoms with Gasteiger partial charge in [-0.1, -0.05) is 18.2 Å². The van der Waals surface area contributed by atoms with Crippen LogP contribution in [0.2, 0.25) is 0 Å². The fourth-order valence-electron chi connectivity index (χ4n) is 2.08. The molecule has 0 atom stereocenters. The molecule has 24 heavy (non-hydrogen) atoms. The third-order valence-electron chi connectivity index (χ3n) is 3.39. The van der Waals surface area contributed by atoms with Gasteiger partial charge in [0.05, 0.1) is 7.11 Å². The number of hydrogen-bond acceptors (Lipinski definition) is 5. The zero-order valence-electron chi connectivity index (χ0n) is 13.5. The van der Waals surface area contributed by atoms with Crippen molar-refractivity contribution in [3.8, 4) is 6.07 Å². The minimum atomic E-state index is -0.555. The number of nitriles is 1. The summed E-state index contributed by atoms with van der Waals surface area (Å²) in [6, 6.07) is 10.5. The molecule has 0 spiro atoms. The Hall–Kier alpha value is -3.33. The average Bonchev–Trinajstić information content (AvgIpc) is 2.94. The number of anilines is 1. The lowest BCUT2D eigenvalue weighted by Gasteiger charge is -2.06. The molecular weight excluding hydrogens is 308 g/mol. The zero-order chi connectivity index (χ0) is 17.7. The summed E-state index contributed by atoms with van der Waals surface area (Å²) >= 11 is 0. The Morgan fingerprint density at radius 3 is 2.62 bits per heavy atom. The number of carbonyl (C=O) groups is 2. The first kappa shape index (κ1) is 17.0. The summed E-state index contributed by atoms with van der Waals surface area (Å²) in [5.74, 6) is -0.520. The van der Waals surface area contributed by atoms with Crippen LogP contribution in [0.1, 0.15) is 27.4 Å². The highest BCUT2D eigenvalue weighted by atomic mass is 16.5. The molecule has 1 amide bonds. The fraction of sp³-hybridized carbons (Fsp3) is 0.167. The first-order chi connectivity index (χ1) is 11.5. The van der Waals surface area contributed by atoms with Crippen molar-refractivity contribution < 1.29 is 18.7 Å². The van der Waals surface area contributed by atoms with Gasteiger partial charge in [-0.05, 0) is 31.5 Å². The van der Waals surface area contributed by atoms with Gasteiger partial charge >= 0.3 is 5.97 Å². The molecule has 0 saturated heterocycles. The predicted molar refractivity (Wildman–Crippen MR) is 88.2 cm³/mol. The molecule has 0 aliphatic heterocycles. The highest BCUT2D eigenvalue weighted by Gasteiger charge is 2.16. The normalized spacial score (nSPS) is 10.8. The predicted octanol–water partition coefficient (Wildman–Crippen LogP) is 3.23. The summed E-state index contributed by atoms with van der Waals surface area (Å²) in [5, 5.41) is 11.9. The summed E-state index contributed by atoms with van der Waals surface area (Å²) in [6.45, 7) is 3.45. The van der Waals surface area contributed by atoms with Crippen LogP contribution in [0.5, 0.6) is 0 Å². The number of para-hydroxylation sites is 1. The molecule has 0 bridgehead atoms. The summed E-state index contributed by atoms with van der Waals surface area (Å²) in [5.41, 5.74) is 1.61. The molecular formula is C18H16N2O4. The minimum Gasteiger partial charge on any atom is -0.465 e. The summed E-state index contributed by atoms with van der Waals surface area (Å²) in [4.78, 5) is 23.8. The maximum atomic E-state index is 12.2. The number of benzene rings is 1. The maximum Gasteiger partial charge on any atom is 0.341 e. The number of hydrogen-bond donors (Lipinski definition) is 1. The van der Waals surface area contributed by atoms with Gasteiger partial charge in [-0.2, -0.15) is 5.26 Å². The van der Waals surface area contributed by atoms with Crippen molar-refractivity contribution in [2.75, 3.05) is 12.4 Å². The molecule has 0 aliphatic rings. The van der Waals surface area contributed by atoms with E-state index in [1.54, 1.807) is 19.1 Å². The van der Waals surface area contributed by atoms with Crippen LogP contribution in [-0.2, 0) is 9.53 Å². The van der Waals surface area contributed by atoms with Crippen molar-refractivity contribution in [1.29, 1.82) is 5.26 Å². The first-order valence-electron chi connectivity index (χ1n) is 7.13. The van der Waals surface area contributed by atoms with Crippen molar-refractivity contribution in [3.05, 3.63) is 58.6 Å². The smallest absolute Gasteiger partial charge is 0.341 e. The number of amides is 1. The number of rotatable bonds is 4. The van der Waals surface area contributed by atoms with Gasteiger partial charge in [0.2, 0.25) is 0 Å². The van der Waals surface area contributed by atoms with E-state index in [-0.39, 0.29) is 16.9 Å². The molecule has 1 aromatic carbocycles. The topological polar surface area (TPSA) is 92.3 Å². The van der Waals surface area contributed by atoms with Crippen molar-refractivity contribution in [2.24, 2.45) is 0 Å². The van der Waals surface area contributed by atoms with Gasteiger partial charge in [0.25, 0.3) is 5.91 Å².